The molecule has 0 saturated carbocycles. The summed E-state index contributed by atoms with van der Waals surface area (Å²) in [6, 6.07) is 0. The Morgan fingerprint density at radius 2 is 1.52 bits per heavy atom. The van der Waals surface area contributed by atoms with Crippen LogP contribution in [0.15, 0.2) is 12.2 Å². The van der Waals surface area contributed by atoms with E-state index in [-0.39, 0.29) is 59.1 Å². The first-order valence-corrected chi connectivity index (χ1v) is 9.14. The zero-order chi connectivity index (χ0) is 17.9. The zero-order valence-electron chi connectivity index (χ0n) is 15.3. The summed E-state index contributed by atoms with van der Waals surface area (Å²) in [7, 11) is -5.16. The molecule has 0 aliphatic carbocycles. The molecule has 0 heterocycles. The Bertz CT molecular complexity index is 520. The van der Waals surface area contributed by atoms with Gasteiger partial charge >= 0.3 is 59.1 Å². The Morgan fingerprint density at radius 1 is 1.00 bits per heavy atom. The van der Waals surface area contributed by atoms with E-state index in [1.54, 1.807) is 6.08 Å². The number of aliphatic carboxylic acids is 2. The fourth-order valence-corrected chi connectivity index (χ4v) is 3.01. The number of carboxylic acids is 2. The molecule has 1 unspecified atom stereocenters. The summed E-state index contributed by atoms with van der Waals surface area (Å²) < 4.78 is 28.8. The van der Waals surface area contributed by atoms with Gasteiger partial charge in [0, 0.05) is 12.4 Å². The van der Waals surface area contributed by atoms with Gasteiger partial charge in [0.1, 0.15) is 4.75 Å². The molecule has 0 aliphatic heterocycles. The van der Waals surface area contributed by atoms with Gasteiger partial charge in [0.05, 0.1) is 5.97 Å². The minimum absolute atomic E-state index is 0. The standard InChI is InChI=1S/C15H26O7S.2Na/c1-2-3-4-5-6-7-8-9-10-11-15(14(18)19,12-13(16)17)23(20,21)22;;/h9-10H,2-8,11-12H2,1H3,(H,16,17)(H,18,19)(H,20,21,22);;/q;2*+1/p-2. The van der Waals surface area contributed by atoms with Crippen molar-refractivity contribution >= 4 is 22.1 Å². The van der Waals surface area contributed by atoms with E-state index in [0.717, 1.165) is 32.1 Å². The molecule has 0 rings (SSSR count). The van der Waals surface area contributed by atoms with Crippen molar-refractivity contribution in [2.24, 2.45) is 0 Å². The second kappa shape index (κ2) is 15.6. The Morgan fingerprint density at radius 3 is 1.96 bits per heavy atom. The number of carbonyl (C=O) groups excluding carboxylic acids is 2. The third kappa shape index (κ3) is 11.8. The van der Waals surface area contributed by atoms with E-state index >= 15 is 0 Å². The Labute approximate surface area is 194 Å². The largest absolute Gasteiger partial charge is 1.00 e. The van der Waals surface area contributed by atoms with Crippen LogP contribution in [0.1, 0.15) is 64.7 Å². The van der Waals surface area contributed by atoms with Gasteiger partial charge in [0.2, 0.25) is 0 Å². The summed E-state index contributed by atoms with van der Waals surface area (Å²) in [4.78, 5) is 21.7. The number of carboxylic acid groups (broad SMARTS) is 2. The number of hydrogen-bond acceptors (Lipinski definition) is 6. The van der Waals surface area contributed by atoms with E-state index in [1.807, 2.05) is 0 Å². The molecule has 0 radical (unpaired) electrons. The van der Waals surface area contributed by atoms with Crippen LogP contribution in [0.3, 0.4) is 0 Å². The number of unbranched alkanes of at least 4 members (excludes halogenated alkanes) is 6. The van der Waals surface area contributed by atoms with Gasteiger partial charge in [-0.2, -0.15) is 8.42 Å². The average Bonchev–Trinajstić information content (AvgIpc) is 2.42. The first-order chi connectivity index (χ1) is 10.7. The van der Waals surface area contributed by atoms with Gasteiger partial charge in [-0.05, 0) is 19.3 Å². The summed E-state index contributed by atoms with van der Waals surface area (Å²) in [6.45, 7) is 2.12. The van der Waals surface area contributed by atoms with Gasteiger partial charge in [-0.3, -0.25) is 4.55 Å². The molecule has 0 saturated heterocycles. The van der Waals surface area contributed by atoms with Crippen LogP contribution < -0.4 is 69.3 Å². The molecule has 0 aromatic carbocycles. The van der Waals surface area contributed by atoms with Crippen molar-refractivity contribution in [2.75, 3.05) is 0 Å². The molecule has 0 amide bonds. The van der Waals surface area contributed by atoms with Gasteiger partial charge in [0.15, 0.2) is 0 Å². The predicted octanol–water partition coefficient (Wildman–Crippen LogP) is -5.79. The smallest absolute Gasteiger partial charge is 0.550 e. The van der Waals surface area contributed by atoms with Crippen molar-refractivity contribution in [1.29, 1.82) is 0 Å². The molecule has 25 heavy (non-hydrogen) atoms. The molecule has 0 spiro atoms. The van der Waals surface area contributed by atoms with E-state index in [9.17, 15) is 28.2 Å². The minimum atomic E-state index is -5.16. The van der Waals surface area contributed by atoms with Gasteiger partial charge < -0.3 is 19.8 Å². The molecule has 0 aromatic rings. The first-order valence-electron chi connectivity index (χ1n) is 7.70. The molecule has 1 N–H and O–H groups in total. The van der Waals surface area contributed by atoms with Crippen LogP contribution >= 0.6 is 0 Å². The van der Waals surface area contributed by atoms with Crippen LogP contribution in [0.4, 0.5) is 0 Å². The maximum absolute atomic E-state index is 11.3. The van der Waals surface area contributed by atoms with Crippen molar-refractivity contribution in [3.05, 3.63) is 12.2 Å². The van der Waals surface area contributed by atoms with Crippen LogP contribution in [0.5, 0.6) is 0 Å². The van der Waals surface area contributed by atoms with Gasteiger partial charge in [0.25, 0.3) is 10.1 Å². The summed E-state index contributed by atoms with van der Waals surface area (Å²) in [5, 5.41) is 21.7. The molecule has 7 nitrogen and oxygen atoms in total. The third-order valence-corrected chi connectivity index (χ3v) is 5.10. The van der Waals surface area contributed by atoms with Crippen LogP contribution in [0.25, 0.3) is 0 Å². The summed E-state index contributed by atoms with van der Waals surface area (Å²) in [5.74, 6) is -4.05. The van der Waals surface area contributed by atoms with Crippen LogP contribution in [0.2, 0.25) is 0 Å². The van der Waals surface area contributed by atoms with Gasteiger partial charge in [-0.25, -0.2) is 0 Å². The number of allylic oxidation sites excluding steroid dienone is 2. The average molecular weight is 394 g/mol. The Balaban J connectivity index is -0.00000242. The topological polar surface area (TPSA) is 135 Å². The molecular weight excluding hydrogens is 370 g/mol. The maximum atomic E-state index is 11.3. The normalized spacial score (nSPS) is 13.5. The van der Waals surface area contributed by atoms with Gasteiger partial charge in [-0.1, -0.05) is 51.2 Å². The molecule has 0 bridgehead atoms. The van der Waals surface area contributed by atoms with Crippen molar-refractivity contribution in [2.45, 2.75) is 69.5 Å². The SMILES string of the molecule is CCCCCCCCC=CCC(CC(=O)[O-])(C(=O)[O-])S(=O)(=O)O.[Na+].[Na+]. The predicted molar refractivity (Wildman–Crippen MR) is 80.7 cm³/mol. The monoisotopic (exact) mass is 394 g/mol. The summed E-state index contributed by atoms with van der Waals surface area (Å²) in [5.41, 5.74) is 0. The van der Waals surface area contributed by atoms with E-state index in [2.05, 4.69) is 6.92 Å². The number of carbonyl (C=O) groups is 2. The number of hydrogen-bond donors (Lipinski definition) is 1. The fourth-order valence-electron chi connectivity index (χ4n) is 2.20. The summed E-state index contributed by atoms with van der Waals surface area (Å²) in [6.07, 6.45) is 7.86. The third-order valence-electron chi connectivity index (χ3n) is 3.63. The summed E-state index contributed by atoms with van der Waals surface area (Å²) >= 11 is 0. The Kier molecular flexibility index (Phi) is 19.0. The molecule has 134 valence electrons. The molecule has 0 aromatic heterocycles. The molecule has 1 atom stereocenters. The second-order valence-electron chi connectivity index (χ2n) is 5.54. The maximum Gasteiger partial charge on any atom is 1.00 e. The van der Waals surface area contributed by atoms with Crippen LogP contribution in [-0.4, -0.2) is 29.7 Å². The molecule has 10 heteroatoms. The molecular formula is C15H24Na2O7S. The van der Waals surface area contributed by atoms with Crippen LogP contribution in [0, 0.1) is 0 Å². The van der Waals surface area contributed by atoms with Crippen molar-refractivity contribution < 1.29 is 91.9 Å². The fraction of sp³-hybridized carbons (Fsp3) is 0.733. The quantitative estimate of drug-likeness (QED) is 0.142. The minimum Gasteiger partial charge on any atom is -0.550 e. The van der Waals surface area contributed by atoms with Crippen molar-refractivity contribution in [1.82, 2.24) is 0 Å². The van der Waals surface area contributed by atoms with E-state index in [1.165, 1.54) is 12.5 Å². The van der Waals surface area contributed by atoms with Crippen molar-refractivity contribution in [3.63, 3.8) is 0 Å². The van der Waals surface area contributed by atoms with Gasteiger partial charge in [-0.15, -0.1) is 0 Å². The zero-order valence-corrected chi connectivity index (χ0v) is 20.1. The second-order valence-corrected chi connectivity index (χ2v) is 7.27. The van der Waals surface area contributed by atoms with E-state index in [0.29, 0.717) is 6.42 Å². The van der Waals surface area contributed by atoms with Crippen LogP contribution in [-0.2, 0) is 19.7 Å². The first kappa shape index (κ1) is 30.3. The number of rotatable bonds is 13. The molecule has 0 aliphatic rings. The Hall–Kier alpha value is 0.590. The van der Waals surface area contributed by atoms with E-state index in [4.69, 9.17) is 4.55 Å². The molecule has 0 fully saturated rings. The van der Waals surface area contributed by atoms with E-state index < -0.39 is 39.6 Å². The van der Waals surface area contributed by atoms with Crippen molar-refractivity contribution in [3.8, 4) is 0 Å².